The van der Waals surface area contributed by atoms with E-state index in [1.165, 1.54) is 12.1 Å². The highest BCUT2D eigenvalue weighted by atomic mass is 19.1. The van der Waals surface area contributed by atoms with E-state index in [9.17, 15) is 9.18 Å². The van der Waals surface area contributed by atoms with E-state index in [0.29, 0.717) is 11.7 Å². The van der Waals surface area contributed by atoms with Crippen molar-refractivity contribution in [3.63, 3.8) is 0 Å². The first-order chi connectivity index (χ1) is 15.3. The molecule has 4 aliphatic rings. The van der Waals surface area contributed by atoms with Crippen molar-refractivity contribution in [1.82, 2.24) is 10.2 Å². The second-order valence-electron chi connectivity index (χ2n) is 10.1. The SMILES string of the molecule is COc1cc2c(cc1-c1cccc(F)c1)CC(C)(C)C2NC(=O)O[C@H]1CN2CCC1CC2. The molecule has 1 unspecified atom stereocenters. The molecule has 6 rings (SSSR count). The molecule has 3 aliphatic heterocycles. The molecule has 3 heterocycles. The topological polar surface area (TPSA) is 50.8 Å². The number of alkyl carbamates (subject to hydrolysis) is 1. The van der Waals surface area contributed by atoms with E-state index in [0.717, 1.165) is 61.2 Å². The number of ether oxygens (including phenoxy) is 2. The molecular formula is C26H31FN2O3. The molecule has 32 heavy (non-hydrogen) atoms. The van der Waals surface area contributed by atoms with Gasteiger partial charge < -0.3 is 14.8 Å². The molecule has 2 bridgehead atoms. The number of rotatable bonds is 4. The van der Waals surface area contributed by atoms with Gasteiger partial charge in [0.1, 0.15) is 17.7 Å². The Morgan fingerprint density at radius 1 is 1.19 bits per heavy atom. The number of amides is 1. The van der Waals surface area contributed by atoms with Gasteiger partial charge >= 0.3 is 6.09 Å². The summed E-state index contributed by atoms with van der Waals surface area (Å²) in [6.45, 7) is 7.37. The average Bonchev–Trinajstić information content (AvgIpc) is 3.02. The van der Waals surface area contributed by atoms with E-state index >= 15 is 0 Å². The first-order valence-electron chi connectivity index (χ1n) is 11.5. The van der Waals surface area contributed by atoms with Crippen molar-refractivity contribution in [2.24, 2.45) is 11.3 Å². The lowest BCUT2D eigenvalue weighted by Gasteiger charge is -2.44. The Bertz CT molecular complexity index is 1030. The summed E-state index contributed by atoms with van der Waals surface area (Å²) in [5, 5.41) is 3.16. The van der Waals surface area contributed by atoms with E-state index in [2.05, 4.69) is 30.1 Å². The van der Waals surface area contributed by atoms with Gasteiger partial charge in [0.05, 0.1) is 13.2 Å². The number of nitrogens with zero attached hydrogens (tertiary/aromatic N) is 1. The highest BCUT2D eigenvalue weighted by Crippen LogP contribution is 2.48. The van der Waals surface area contributed by atoms with Gasteiger partial charge in [0.25, 0.3) is 0 Å². The smallest absolute Gasteiger partial charge is 0.407 e. The number of carbonyl (C=O) groups is 1. The number of piperidine rings is 3. The Hall–Kier alpha value is -2.60. The van der Waals surface area contributed by atoms with E-state index < -0.39 is 0 Å². The van der Waals surface area contributed by atoms with Crippen LogP contribution >= 0.6 is 0 Å². The molecule has 2 aromatic rings. The van der Waals surface area contributed by atoms with Crippen molar-refractivity contribution >= 4 is 6.09 Å². The third-order valence-corrected chi connectivity index (χ3v) is 7.45. The largest absolute Gasteiger partial charge is 0.496 e. The molecule has 0 spiro atoms. The van der Waals surface area contributed by atoms with Gasteiger partial charge in [-0.3, -0.25) is 4.90 Å². The molecular weight excluding hydrogens is 407 g/mol. The van der Waals surface area contributed by atoms with Gasteiger partial charge in [-0.1, -0.05) is 26.0 Å². The maximum atomic E-state index is 13.8. The Labute approximate surface area is 188 Å². The first kappa shape index (κ1) is 21.3. The molecule has 2 aromatic carbocycles. The van der Waals surface area contributed by atoms with Crippen LogP contribution in [0.4, 0.5) is 9.18 Å². The van der Waals surface area contributed by atoms with Gasteiger partial charge in [0.2, 0.25) is 0 Å². The van der Waals surface area contributed by atoms with E-state index in [1.807, 2.05) is 12.1 Å². The summed E-state index contributed by atoms with van der Waals surface area (Å²) >= 11 is 0. The van der Waals surface area contributed by atoms with Crippen molar-refractivity contribution in [1.29, 1.82) is 0 Å². The zero-order chi connectivity index (χ0) is 22.5. The third-order valence-electron chi connectivity index (χ3n) is 7.45. The fourth-order valence-electron chi connectivity index (χ4n) is 5.73. The van der Waals surface area contributed by atoms with Crippen LogP contribution in [0, 0.1) is 17.2 Å². The van der Waals surface area contributed by atoms with Crippen LogP contribution in [0.25, 0.3) is 11.1 Å². The van der Waals surface area contributed by atoms with Crippen molar-refractivity contribution in [3.8, 4) is 16.9 Å². The fourth-order valence-corrected chi connectivity index (χ4v) is 5.73. The Balaban J connectivity index is 1.39. The average molecular weight is 439 g/mol. The predicted octanol–water partition coefficient (Wildman–Crippen LogP) is 4.95. The fraction of sp³-hybridized carbons (Fsp3) is 0.500. The molecule has 0 radical (unpaired) electrons. The minimum Gasteiger partial charge on any atom is -0.496 e. The van der Waals surface area contributed by atoms with Crippen molar-refractivity contribution in [2.75, 3.05) is 26.7 Å². The monoisotopic (exact) mass is 438 g/mol. The summed E-state index contributed by atoms with van der Waals surface area (Å²) < 4.78 is 25.4. The highest BCUT2D eigenvalue weighted by Gasteiger charge is 2.42. The van der Waals surface area contributed by atoms with Crippen LogP contribution in [0.3, 0.4) is 0 Å². The Kier molecular flexibility index (Phi) is 5.36. The molecule has 1 aliphatic carbocycles. The standard InChI is InChI=1S/C26H31FN2O3/c1-26(2)14-18-12-20(17-5-4-6-19(27)11-17)22(31-3)13-21(18)24(26)28-25(30)32-23-15-29-9-7-16(23)8-10-29/h4-6,11-13,16,23-24H,7-10,14-15H2,1-3H3,(H,28,30)/t23-,24?/m0/s1. The van der Waals surface area contributed by atoms with Gasteiger partial charge in [-0.25, -0.2) is 9.18 Å². The first-order valence-corrected chi connectivity index (χ1v) is 11.5. The zero-order valence-corrected chi connectivity index (χ0v) is 19.0. The van der Waals surface area contributed by atoms with Crippen LogP contribution < -0.4 is 10.1 Å². The van der Waals surface area contributed by atoms with Gasteiger partial charge in [-0.05, 0) is 84.6 Å². The van der Waals surface area contributed by atoms with Crippen molar-refractivity contribution < 1.29 is 18.7 Å². The maximum absolute atomic E-state index is 13.8. The molecule has 6 heteroatoms. The number of nitrogens with one attached hydrogen (secondary N) is 1. The number of fused-ring (bicyclic) bond motifs is 4. The Morgan fingerprint density at radius 3 is 2.62 bits per heavy atom. The number of hydrogen-bond acceptors (Lipinski definition) is 4. The molecule has 3 saturated heterocycles. The van der Waals surface area contributed by atoms with Gasteiger partial charge in [0, 0.05) is 12.1 Å². The van der Waals surface area contributed by atoms with Crippen molar-refractivity contribution in [2.45, 2.75) is 45.3 Å². The molecule has 5 nitrogen and oxygen atoms in total. The summed E-state index contributed by atoms with van der Waals surface area (Å²) in [6.07, 6.45) is 2.65. The second kappa shape index (κ2) is 8.07. The molecule has 1 N–H and O–H groups in total. The molecule has 1 amide bonds. The van der Waals surface area contributed by atoms with Crippen LogP contribution in [-0.4, -0.2) is 43.8 Å². The van der Waals surface area contributed by atoms with E-state index in [1.54, 1.807) is 13.2 Å². The van der Waals surface area contributed by atoms with Crippen LogP contribution in [0.15, 0.2) is 36.4 Å². The summed E-state index contributed by atoms with van der Waals surface area (Å²) in [5.41, 5.74) is 3.64. The summed E-state index contributed by atoms with van der Waals surface area (Å²) in [7, 11) is 1.62. The normalized spacial score (nSPS) is 27.6. The lowest BCUT2D eigenvalue weighted by molar-refractivity contribution is -0.0349. The number of halogens is 1. The molecule has 0 aromatic heterocycles. The number of benzene rings is 2. The maximum Gasteiger partial charge on any atom is 0.407 e. The summed E-state index contributed by atoms with van der Waals surface area (Å²) in [5.74, 6) is 0.869. The van der Waals surface area contributed by atoms with Gasteiger partial charge in [-0.2, -0.15) is 0 Å². The predicted molar refractivity (Wildman–Crippen MR) is 121 cm³/mol. The second-order valence-corrected chi connectivity index (χ2v) is 10.1. The molecule has 170 valence electrons. The highest BCUT2D eigenvalue weighted by molar-refractivity contribution is 5.74. The van der Waals surface area contributed by atoms with Crippen molar-refractivity contribution in [3.05, 3.63) is 53.3 Å². The minimum absolute atomic E-state index is 0.0219. The summed E-state index contributed by atoms with van der Waals surface area (Å²) in [4.78, 5) is 15.3. The summed E-state index contributed by atoms with van der Waals surface area (Å²) in [6, 6.07) is 10.4. The quantitative estimate of drug-likeness (QED) is 0.734. The molecule has 3 fully saturated rings. The minimum atomic E-state index is -0.345. The van der Waals surface area contributed by atoms with Crippen LogP contribution in [-0.2, 0) is 11.2 Å². The van der Waals surface area contributed by atoms with Crippen LogP contribution in [0.1, 0.15) is 43.9 Å². The lowest BCUT2D eigenvalue weighted by Crippen LogP contribution is -2.53. The van der Waals surface area contributed by atoms with Gasteiger partial charge in [-0.15, -0.1) is 0 Å². The third kappa shape index (κ3) is 3.85. The van der Waals surface area contributed by atoms with Crippen LogP contribution in [0.5, 0.6) is 5.75 Å². The van der Waals surface area contributed by atoms with Crippen LogP contribution in [0.2, 0.25) is 0 Å². The van der Waals surface area contributed by atoms with E-state index in [4.69, 9.17) is 9.47 Å². The molecule has 0 saturated carbocycles. The molecule has 2 atom stereocenters. The number of methoxy groups -OCH3 is 1. The lowest BCUT2D eigenvalue weighted by atomic mass is 9.85. The Morgan fingerprint density at radius 2 is 1.97 bits per heavy atom. The van der Waals surface area contributed by atoms with Gasteiger partial charge in [0.15, 0.2) is 0 Å². The number of hydrogen-bond donors (Lipinski definition) is 1. The zero-order valence-electron chi connectivity index (χ0n) is 19.0. The van der Waals surface area contributed by atoms with E-state index in [-0.39, 0.29) is 29.5 Å². The number of carbonyl (C=O) groups excluding carboxylic acids is 1.